The lowest BCUT2D eigenvalue weighted by Gasteiger charge is -2.11. The highest BCUT2D eigenvalue weighted by atomic mass is 32.2. The molecule has 112 valence electrons. The summed E-state index contributed by atoms with van der Waals surface area (Å²) in [7, 11) is 0. The van der Waals surface area contributed by atoms with Crippen LogP contribution in [0, 0.1) is 0 Å². The van der Waals surface area contributed by atoms with E-state index in [1.165, 1.54) is 11.3 Å². The fraction of sp³-hybridized carbons (Fsp3) is 0.375. The number of nitrogens with two attached hydrogens (primary N) is 1. The van der Waals surface area contributed by atoms with E-state index in [9.17, 15) is 0 Å². The molecule has 1 aromatic heterocycles. The van der Waals surface area contributed by atoms with Crippen LogP contribution in [0.25, 0.3) is 0 Å². The van der Waals surface area contributed by atoms with Crippen molar-refractivity contribution in [2.75, 3.05) is 16.8 Å². The summed E-state index contributed by atoms with van der Waals surface area (Å²) < 4.78 is 0. The van der Waals surface area contributed by atoms with E-state index in [-0.39, 0.29) is 0 Å². The molecule has 0 aliphatic heterocycles. The van der Waals surface area contributed by atoms with Gasteiger partial charge in [-0.2, -0.15) is 4.98 Å². The standard InChI is InChI=1S/C16H22N4S/c1-4-8-21-13-7-5-6-12(9-13)19-16-18-10-14(11(2)3)15(17)20-16/h5-7,9-11H,4,8H2,1-3H3,(H3,17,18,19,20). The molecule has 0 amide bonds. The Morgan fingerprint density at radius 2 is 2.14 bits per heavy atom. The van der Waals surface area contributed by atoms with Crippen LogP contribution < -0.4 is 11.1 Å². The van der Waals surface area contributed by atoms with Gasteiger partial charge in [-0.05, 0) is 36.3 Å². The van der Waals surface area contributed by atoms with Crippen molar-refractivity contribution in [2.45, 2.75) is 38.0 Å². The molecule has 0 spiro atoms. The number of aromatic nitrogens is 2. The minimum absolute atomic E-state index is 0.327. The molecule has 5 heteroatoms. The summed E-state index contributed by atoms with van der Waals surface area (Å²) in [4.78, 5) is 9.91. The van der Waals surface area contributed by atoms with Gasteiger partial charge in [-0.3, -0.25) is 0 Å². The van der Waals surface area contributed by atoms with Crippen molar-refractivity contribution in [2.24, 2.45) is 0 Å². The molecule has 0 aliphatic rings. The summed E-state index contributed by atoms with van der Waals surface area (Å²) in [5.74, 6) is 2.53. The Morgan fingerprint density at radius 3 is 2.81 bits per heavy atom. The van der Waals surface area contributed by atoms with E-state index >= 15 is 0 Å². The second-order valence-electron chi connectivity index (χ2n) is 5.19. The molecule has 0 radical (unpaired) electrons. The van der Waals surface area contributed by atoms with Crippen LogP contribution in [-0.4, -0.2) is 15.7 Å². The SMILES string of the molecule is CCCSc1cccc(Nc2ncc(C(C)C)c(N)n2)c1. The monoisotopic (exact) mass is 302 g/mol. The van der Waals surface area contributed by atoms with Crippen LogP contribution in [-0.2, 0) is 0 Å². The summed E-state index contributed by atoms with van der Waals surface area (Å²) >= 11 is 1.85. The molecule has 0 bridgehead atoms. The van der Waals surface area contributed by atoms with Crippen LogP contribution in [0.1, 0.15) is 38.7 Å². The fourth-order valence-electron chi connectivity index (χ4n) is 1.92. The molecule has 0 atom stereocenters. The first kappa shape index (κ1) is 15.6. The molecular weight excluding hydrogens is 280 g/mol. The number of nitrogens with one attached hydrogen (secondary N) is 1. The van der Waals surface area contributed by atoms with E-state index in [4.69, 9.17) is 5.73 Å². The summed E-state index contributed by atoms with van der Waals surface area (Å²) in [6.45, 7) is 6.34. The molecule has 1 aromatic carbocycles. The fourth-order valence-corrected chi connectivity index (χ4v) is 2.75. The largest absolute Gasteiger partial charge is 0.383 e. The molecule has 21 heavy (non-hydrogen) atoms. The second kappa shape index (κ2) is 7.31. The van der Waals surface area contributed by atoms with Crippen molar-refractivity contribution in [3.63, 3.8) is 0 Å². The van der Waals surface area contributed by atoms with Gasteiger partial charge < -0.3 is 11.1 Å². The van der Waals surface area contributed by atoms with E-state index in [1.807, 2.05) is 23.9 Å². The van der Waals surface area contributed by atoms with Crippen LogP contribution >= 0.6 is 11.8 Å². The Hall–Kier alpha value is -1.75. The van der Waals surface area contributed by atoms with Gasteiger partial charge in [0, 0.05) is 22.3 Å². The van der Waals surface area contributed by atoms with E-state index in [1.54, 1.807) is 6.20 Å². The Labute approximate surface area is 130 Å². The van der Waals surface area contributed by atoms with Crippen LogP contribution in [0.4, 0.5) is 17.5 Å². The molecule has 0 saturated heterocycles. The van der Waals surface area contributed by atoms with E-state index in [2.05, 4.69) is 48.2 Å². The first-order chi connectivity index (χ1) is 10.1. The Kier molecular flexibility index (Phi) is 5.44. The van der Waals surface area contributed by atoms with Gasteiger partial charge in [0.05, 0.1) is 0 Å². The van der Waals surface area contributed by atoms with E-state index in [0.717, 1.165) is 17.0 Å². The van der Waals surface area contributed by atoms with Gasteiger partial charge >= 0.3 is 0 Å². The minimum Gasteiger partial charge on any atom is -0.383 e. The number of nitrogens with zero attached hydrogens (tertiary/aromatic N) is 2. The lowest BCUT2D eigenvalue weighted by atomic mass is 10.1. The van der Waals surface area contributed by atoms with Gasteiger partial charge in [0.2, 0.25) is 5.95 Å². The Balaban J connectivity index is 2.12. The summed E-state index contributed by atoms with van der Waals surface area (Å²) in [6, 6.07) is 8.26. The molecule has 0 aliphatic carbocycles. The van der Waals surface area contributed by atoms with Crippen LogP contribution in [0.3, 0.4) is 0 Å². The topological polar surface area (TPSA) is 63.8 Å². The molecule has 2 aromatic rings. The summed E-state index contributed by atoms with van der Waals surface area (Å²) in [5.41, 5.74) is 7.94. The smallest absolute Gasteiger partial charge is 0.229 e. The van der Waals surface area contributed by atoms with Gasteiger partial charge in [-0.1, -0.05) is 26.8 Å². The van der Waals surface area contributed by atoms with Gasteiger partial charge in [0.15, 0.2) is 0 Å². The Bertz CT molecular complexity index is 599. The van der Waals surface area contributed by atoms with Gasteiger partial charge in [0.1, 0.15) is 5.82 Å². The number of benzene rings is 1. The zero-order valence-electron chi connectivity index (χ0n) is 12.8. The third-order valence-corrected chi connectivity index (χ3v) is 4.23. The van der Waals surface area contributed by atoms with Crippen molar-refractivity contribution >= 4 is 29.2 Å². The lowest BCUT2D eigenvalue weighted by Crippen LogP contribution is -2.05. The van der Waals surface area contributed by atoms with Crippen molar-refractivity contribution in [3.05, 3.63) is 36.0 Å². The van der Waals surface area contributed by atoms with Crippen molar-refractivity contribution in [1.29, 1.82) is 0 Å². The van der Waals surface area contributed by atoms with Crippen LogP contribution in [0.2, 0.25) is 0 Å². The molecule has 0 fully saturated rings. The zero-order chi connectivity index (χ0) is 15.2. The third-order valence-electron chi connectivity index (χ3n) is 3.03. The average molecular weight is 302 g/mol. The first-order valence-electron chi connectivity index (χ1n) is 7.22. The highest BCUT2D eigenvalue weighted by molar-refractivity contribution is 7.99. The number of thioether (sulfide) groups is 1. The molecule has 0 unspecified atom stereocenters. The second-order valence-corrected chi connectivity index (χ2v) is 6.36. The molecule has 2 rings (SSSR count). The van der Waals surface area contributed by atoms with Crippen LogP contribution in [0.5, 0.6) is 0 Å². The Morgan fingerprint density at radius 1 is 1.33 bits per heavy atom. The molecule has 4 nitrogen and oxygen atoms in total. The summed E-state index contributed by atoms with van der Waals surface area (Å²) in [5, 5.41) is 3.21. The number of hydrogen-bond donors (Lipinski definition) is 2. The maximum atomic E-state index is 5.98. The molecule has 0 saturated carbocycles. The third kappa shape index (κ3) is 4.36. The normalized spacial score (nSPS) is 10.9. The number of hydrogen-bond acceptors (Lipinski definition) is 5. The number of nitrogen functional groups attached to an aromatic ring is 1. The predicted molar refractivity (Wildman–Crippen MR) is 91.3 cm³/mol. The number of rotatable bonds is 6. The van der Waals surface area contributed by atoms with Crippen molar-refractivity contribution in [1.82, 2.24) is 9.97 Å². The lowest BCUT2D eigenvalue weighted by molar-refractivity contribution is 0.852. The maximum Gasteiger partial charge on any atom is 0.229 e. The predicted octanol–water partition coefficient (Wildman–Crippen LogP) is 4.43. The highest BCUT2D eigenvalue weighted by Crippen LogP contribution is 2.25. The van der Waals surface area contributed by atoms with E-state index in [0.29, 0.717) is 17.7 Å². The van der Waals surface area contributed by atoms with Crippen molar-refractivity contribution < 1.29 is 0 Å². The minimum atomic E-state index is 0.327. The number of anilines is 3. The summed E-state index contributed by atoms with van der Waals surface area (Å²) in [6.07, 6.45) is 2.96. The first-order valence-corrected chi connectivity index (χ1v) is 8.21. The molecule has 1 heterocycles. The quantitative estimate of drug-likeness (QED) is 0.773. The zero-order valence-corrected chi connectivity index (χ0v) is 13.6. The van der Waals surface area contributed by atoms with Crippen LogP contribution in [0.15, 0.2) is 35.4 Å². The molecule has 3 N–H and O–H groups in total. The van der Waals surface area contributed by atoms with Gasteiger partial charge in [-0.25, -0.2) is 4.98 Å². The van der Waals surface area contributed by atoms with E-state index < -0.39 is 0 Å². The highest BCUT2D eigenvalue weighted by Gasteiger charge is 2.08. The molecular formula is C16H22N4S. The maximum absolute atomic E-state index is 5.98. The van der Waals surface area contributed by atoms with Crippen molar-refractivity contribution in [3.8, 4) is 0 Å². The van der Waals surface area contributed by atoms with Gasteiger partial charge in [0.25, 0.3) is 0 Å². The average Bonchev–Trinajstić information content (AvgIpc) is 2.45. The van der Waals surface area contributed by atoms with Gasteiger partial charge in [-0.15, -0.1) is 11.8 Å².